The van der Waals surface area contributed by atoms with Gasteiger partial charge in [0.25, 0.3) is 5.91 Å². The summed E-state index contributed by atoms with van der Waals surface area (Å²) in [6, 6.07) is 6.38. The Morgan fingerprint density at radius 2 is 1.89 bits per heavy atom. The average Bonchev–Trinajstić information content (AvgIpc) is 2.76. The molecule has 2 bridgehead atoms. The van der Waals surface area contributed by atoms with Gasteiger partial charge in [0.15, 0.2) is 0 Å². The summed E-state index contributed by atoms with van der Waals surface area (Å²) < 4.78 is 0.980. The van der Waals surface area contributed by atoms with Crippen LogP contribution in [0.2, 0.25) is 0 Å². The first-order valence-corrected chi connectivity index (χ1v) is 8.01. The number of aryl methyl sites for hydroxylation is 1. The van der Waals surface area contributed by atoms with Gasteiger partial charge in [-0.2, -0.15) is 0 Å². The zero-order valence-electron chi connectivity index (χ0n) is 11.0. The third kappa shape index (κ3) is 1.85. The topological polar surface area (TPSA) is 29.1 Å². The first kappa shape index (κ1) is 12.0. The van der Waals surface area contributed by atoms with Gasteiger partial charge in [-0.15, -0.1) is 0 Å². The van der Waals surface area contributed by atoms with Crippen LogP contribution in [0.25, 0.3) is 0 Å². The minimum atomic E-state index is 0.100. The predicted octanol–water partition coefficient (Wildman–Crippen LogP) is 3.53. The molecule has 4 atom stereocenters. The fourth-order valence-corrected chi connectivity index (χ4v) is 5.23. The number of hydrogen-bond acceptors (Lipinski definition) is 1. The number of rotatable bonds is 2. The van der Waals surface area contributed by atoms with Gasteiger partial charge in [-0.05, 0) is 73.6 Å². The van der Waals surface area contributed by atoms with E-state index in [0.29, 0.717) is 6.04 Å². The first-order chi connectivity index (χ1) is 9.13. The summed E-state index contributed by atoms with van der Waals surface area (Å²) in [4.78, 5) is 12.3. The van der Waals surface area contributed by atoms with Crippen LogP contribution in [0.1, 0.15) is 35.2 Å². The van der Waals surface area contributed by atoms with Crippen LogP contribution in [0.4, 0.5) is 0 Å². The van der Waals surface area contributed by atoms with Crippen molar-refractivity contribution in [2.75, 3.05) is 0 Å². The van der Waals surface area contributed by atoms with E-state index in [0.717, 1.165) is 39.3 Å². The highest BCUT2D eigenvalue weighted by atomic mass is 79.9. The lowest BCUT2D eigenvalue weighted by molar-refractivity contribution is 0.0944. The molecular formula is C16H18BrNO. The summed E-state index contributed by atoms with van der Waals surface area (Å²) in [6.45, 7) is 2.02. The highest BCUT2D eigenvalue weighted by Gasteiger charge is 2.65. The molecule has 0 radical (unpaired) electrons. The summed E-state index contributed by atoms with van der Waals surface area (Å²) in [6.07, 6.45) is 4.22. The van der Waals surface area contributed by atoms with Crippen LogP contribution in [-0.4, -0.2) is 11.9 Å². The summed E-state index contributed by atoms with van der Waals surface area (Å²) in [7, 11) is 0. The Balaban J connectivity index is 1.48. The summed E-state index contributed by atoms with van der Waals surface area (Å²) in [5, 5.41) is 3.27. The zero-order valence-corrected chi connectivity index (χ0v) is 12.6. The Bertz CT molecular complexity index is 519. The summed E-state index contributed by atoms with van der Waals surface area (Å²) in [5.74, 6) is 3.52. The van der Waals surface area contributed by atoms with Crippen LogP contribution in [0.5, 0.6) is 0 Å². The van der Waals surface area contributed by atoms with Gasteiger partial charge < -0.3 is 5.32 Å². The molecule has 100 valence electrons. The summed E-state index contributed by atoms with van der Waals surface area (Å²) in [5.41, 5.74) is 1.90. The molecule has 4 unspecified atom stereocenters. The number of carbonyl (C=O) groups is 1. The van der Waals surface area contributed by atoms with E-state index in [1.165, 1.54) is 19.3 Å². The lowest BCUT2D eigenvalue weighted by Crippen LogP contribution is -2.29. The monoisotopic (exact) mass is 319 g/mol. The van der Waals surface area contributed by atoms with Gasteiger partial charge in [0.2, 0.25) is 0 Å². The molecular weight excluding hydrogens is 302 g/mol. The fraction of sp³-hybridized carbons (Fsp3) is 0.562. The number of amides is 1. The van der Waals surface area contributed by atoms with Gasteiger partial charge in [-0.25, -0.2) is 0 Å². The molecule has 0 heterocycles. The van der Waals surface area contributed by atoms with Crippen molar-refractivity contribution in [3.63, 3.8) is 0 Å². The van der Waals surface area contributed by atoms with Crippen LogP contribution < -0.4 is 5.32 Å². The van der Waals surface area contributed by atoms with Crippen LogP contribution in [0, 0.1) is 30.6 Å². The molecule has 4 rings (SSSR count). The molecule has 3 saturated carbocycles. The van der Waals surface area contributed by atoms with E-state index in [1.54, 1.807) is 0 Å². The van der Waals surface area contributed by atoms with Crippen LogP contribution in [-0.2, 0) is 0 Å². The molecule has 1 amide bonds. The first-order valence-electron chi connectivity index (χ1n) is 7.21. The van der Waals surface area contributed by atoms with Crippen molar-refractivity contribution in [3.05, 3.63) is 33.8 Å². The number of carbonyl (C=O) groups excluding carboxylic acids is 1. The smallest absolute Gasteiger partial charge is 0.251 e. The van der Waals surface area contributed by atoms with E-state index < -0.39 is 0 Å². The molecule has 2 nitrogen and oxygen atoms in total. The minimum Gasteiger partial charge on any atom is -0.349 e. The van der Waals surface area contributed by atoms with Crippen molar-refractivity contribution in [3.8, 4) is 0 Å². The molecule has 3 heteroatoms. The van der Waals surface area contributed by atoms with E-state index in [4.69, 9.17) is 0 Å². The Hall–Kier alpha value is -0.830. The Morgan fingerprint density at radius 3 is 2.53 bits per heavy atom. The SMILES string of the molecule is Cc1cc(Br)cc(C(=O)NC2C3C4CCC(C4)C23)c1. The van der Waals surface area contributed by atoms with Crippen LogP contribution in [0.15, 0.2) is 22.7 Å². The van der Waals surface area contributed by atoms with Crippen molar-refractivity contribution < 1.29 is 4.79 Å². The second-order valence-corrected chi connectivity index (χ2v) is 7.42. The fourth-order valence-electron chi connectivity index (χ4n) is 4.62. The molecule has 0 spiro atoms. The zero-order chi connectivity index (χ0) is 13.1. The Morgan fingerprint density at radius 1 is 1.21 bits per heavy atom. The molecule has 0 aliphatic heterocycles. The maximum absolute atomic E-state index is 12.3. The van der Waals surface area contributed by atoms with E-state index in [9.17, 15) is 4.79 Å². The van der Waals surface area contributed by atoms with Crippen molar-refractivity contribution in [1.82, 2.24) is 5.32 Å². The van der Waals surface area contributed by atoms with Crippen LogP contribution >= 0.6 is 15.9 Å². The van der Waals surface area contributed by atoms with Crippen molar-refractivity contribution in [1.29, 1.82) is 0 Å². The Labute approximate surface area is 122 Å². The van der Waals surface area contributed by atoms with Gasteiger partial charge in [0, 0.05) is 16.1 Å². The number of fused-ring (bicyclic) bond motifs is 5. The normalized spacial score (nSPS) is 38.1. The third-order valence-corrected chi connectivity index (χ3v) is 5.80. The van der Waals surface area contributed by atoms with E-state index in [1.807, 2.05) is 25.1 Å². The minimum absolute atomic E-state index is 0.100. The van der Waals surface area contributed by atoms with Gasteiger partial charge in [-0.1, -0.05) is 15.9 Å². The number of halogens is 1. The standard InChI is InChI=1S/C16H18BrNO/c1-8-4-11(7-12(17)5-8)16(19)18-15-13-9-2-3-10(6-9)14(13)15/h4-5,7,9-10,13-15H,2-3,6H2,1H3,(H,18,19). The molecule has 19 heavy (non-hydrogen) atoms. The maximum atomic E-state index is 12.3. The van der Waals surface area contributed by atoms with Crippen molar-refractivity contribution in [2.24, 2.45) is 23.7 Å². The molecule has 0 aromatic heterocycles. The average molecular weight is 320 g/mol. The predicted molar refractivity (Wildman–Crippen MR) is 77.9 cm³/mol. The lowest BCUT2D eigenvalue weighted by Gasteiger charge is -2.11. The lowest BCUT2D eigenvalue weighted by atomic mass is 10.0. The molecule has 1 N–H and O–H groups in total. The highest BCUT2D eigenvalue weighted by molar-refractivity contribution is 9.10. The number of nitrogens with one attached hydrogen (secondary N) is 1. The second kappa shape index (κ2) is 4.08. The van der Waals surface area contributed by atoms with Crippen molar-refractivity contribution >= 4 is 21.8 Å². The Kier molecular flexibility index (Phi) is 2.57. The van der Waals surface area contributed by atoms with E-state index >= 15 is 0 Å². The van der Waals surface area contributed by atoms with Crippen molar-refractivity contribution in [2.45, 2.75) is 32.2 Å². The number of hydrogen-bond donors (Lipinski definition) is 1. The molecule has 3 aliphatic rings. The molecule has 3 fully saturated rings. The molecule has 1 aromatic rings. The molecule has 1 aromatic carbocycles. The van der Waals surface area contributed by atoms with Gasteiger partial charge in [-0.3, -0.25) is 4.79 Å². The second-order valence-electron chi connectivity index (χ2n) is 6.50. The maximum Gasteiger partial charge on any atom is 0.251 e. The largest absolute Gasteiger partial charge is 0.349 e. The third-order valence-electron chi connectivity index (χ3n) is 5.34. The van der Waals surface area contributed by atoms with Gasteiger partial charge in [0.05, 0.1) is 0 Å². The van der Waals surface area contributed by atoms with E-state index in [2.05, 4.69) is 21.2 Å². The van der Waals surface area contributed by atoms with Gasteiger partial charge >= 0.3 is 0 Å². The van der Waals surface area contributed by atoms with Crippen LogP contribution in [0.3, 0.4) is 0 Å². The summed E-state index contributed by atoms with van der Waals surface area (Å²) >= 11 is 3.46. The highest BCUT2D eigenvalue weighted by Crippen LogP contribution is 2.65. The van der Waals surface area contributed by atoms with E-state index in [-0.39, 0.29) is 5.91 Å². The molecule has 0 saturated heterocycles. The molecule has 3 aliphatic carbocycles. The van der Waals surface area contributed by atoms with Gasteiger partial charge in [0.1, 0.15) is 0 Å². The quantitative estimate of drug-likeness (QED) is 0.887. The number of benzene rings is 1.